The van der Waals surface area contributed by atoms with Crippen LogP contribution in [0.2, 0.25) is 0 Å². The van der Waals surface area contributed by atoms with Gasteiger partial charge in [-0.15, -0.1) is 11.3 Å². The molecule has 1 amide bonds. The number of carbonyl (C=O) groups is 1. The van der Waals surface area contributed by atoms with Crippen LogP contribution >= 0.6 is 11.3 Å². The lowest BCUT2D eigenvalue weighted by Crippen LogP contribution is -2.26. The molecule has 5 nitrogen and oxygen atoms in total. The minimum Gasteiger partial charge on any atom is -0.373 e. The first-order valence-corrected chi connectivity index (χ1v) is 6.95. The number of amides is 1. The van der Waals surface area contributed by atoms with Crippen molar-refractivity contribution in [1.82, 2.24) is 15.3 Å². The van der Waals surface area contributed by atoms with Crippen LogP contribution in [0.5, 0.6) is 0 Å². The molecule has 2 heterocycles. The lowest BCUT2D eigenvalue weighted by atomic mass is 10.2. The number of anilines is 1. The fourth-order valence-corrected chi connectivity index (χ4v) is 2.29. The van der Waals surface area contributed by atoms with Crippen molar-refractivity contribution < 1.29 is 4.79 Å². The average Bonchev–Trinajstić information content (AvgIpc) is 2.91. The summed E-state index contributed by atoms with van der Waals surface area (Å²) >= 11 is 1.56. The molecule has 0 bridgehead atoms. The van der Waals surface area contributed by atoms with Crippen LogP contribution in [0.15, 0.2) is 23.0 Å². The highest BCUT2D eigenvalue weighted by molar-refractivity contribution is 7.07. The molecule has 100 valence electrons. The molecule has 0 radical (unpaired) electrons. The van der Waals surface area contributed by atoms with E-state index in [0.29, 0.717) is 17.9 Å². The van der Waals surface area contributed by atoms with Crippen LogP contribution < -0.4 is 10.6 Å². The van der Waals surface area contributed by atoms with Crippen LogP contribution in [-0.2, 0) is 6.42 Å². The highest BCUT2D eigenvalue weighted by Gasteiger charge is 2.08. The van der Waals surface area contributed by atoms with Gasteiger partial charge in [-0.3, -0.25) is 4.79 Å². The smallest absolute Gasteiger partial charge is 0.251 e. The number of pyridine rings is 1. The Morgan fingerprint density at radius 2 is 2.26 bits per heavy atom. The van der Waals surface area contributed by atoms with Gasteiger partial charge in [0.1, 0.15) is 5.82 Å². The standard InChI is InChI=1S/C13H16N4OS/c1-9-5-10(6-12(14-2)17-9)13(18)15-4-3-11-7-19-8-16-11/h5-8H,3-4H2,1-2H3,(H,14,17)(H,15,18). The Kier molecular flexibility index (Phi) is 4.46. The van der Waals surface area contributed by atoms with Gasteiger partial charge in [0.25, 0.3) is 5.91 Å². The number of aromatic nitrogens is 2. The number of rotatable bonds is 5. The van der Waals surface area contributed by atoms with Crippen LogP contribution in [0.1, 0.15) is 21.7 Å². The second kappa shape index (κ2) is 6.29. The molecular formula is C13H16N4OS. The van der Waals surface area contributed by atoms with Crippen molar-refractivity contribution in [2.24, 2.45) is 0 Å². The first-order chi connectivity index (χ1) is 9.19. The normalized spacial score (nSPS) is 10.2. The molecule has 0 aliphatic carbocycles. The van der Waals surface area contributed by atoms with Gasteiger partial charge in [0.15, 0.2) is 0 Å². The summed E-state index contributed by atoms with van der Waals surface area (Å²) in [5.41, 5.74) is 4.24. The average molecular weight is 276 g/mol. The second-order valence-electron chi connectivity index (χ2n) is 4.12. The number of thiazole rings is 1. The third-order valence-electron chi connectivity index (χ3n) is 2.62. The summed E-state index contributed by atoms with van der Waals surface area (Å²) in [6.45, 7) is 2.45. The van der Waals surface area contributed by atoms with E-state index in [4.69, 9.17) is 0 Å². The number of nitrogens with zero attached hydrogens (tertiary/aromatic N) is 2. The Bertz CT molecular complexity index is 554. The van der Waals surface area contributed by atoms with Gasteiger partial charge in [0.2, 0.25) is 0 Å². The molecule has 2 aromatic rings. The van der Waals surface area contributed by atoms with Crippen LogP contribution in [-0.4, -0.2) is 29.5 Å². The van der Waals surface area contributed by atoms with Gasteiger partial charge >= 0.3 is 0 Å². The zero-order chi connectivity index (χ0) is 13.7. The van der Waals surface area contributed by atoms with Crippen LogP contribution in [0, 0.1) is 6.92 Å². The van der Waals surface area contributed by atoms with E-state index in [1.54, 1.807) is 36.0 Å². The van der Waals surface area contributed by atoms with E-state index in [2.05, 4.69) is 20.6 Å². The summed E-state index contributed by atoms with van der Waals surface area (Å²) in [6.07, 6.45) is 0.748. The van der Waals surface area contributed by atoms with E-state index in [-0.39, 0.29) is 5.91 Å². The van der Waals surface area contributed by atoms with E-state index in [1.165, 1.54) is 0 Å². The van der Waals surface area contributed by atoms with Gasteiger partial charge in [-0.05, 0) is 19.1 Å². The summed E-state index contributed by atoms with van der Waals surface area (Å²) < 4.78 is 0. The molecule has 0 aliphatic heterocycles. The summed E-state index contributed by atoms with van der Waals surface area (Å²) in [4.78, 5) is 20.4. The largest absolute Gasteiger partial charge is 0.373 e. The van der Waals surface area contributed by atoms with Gasteiger partial charge in [-0.25, -0.2) is 9.97 Å². The topological polar surface area (TPSA) is 66.9 Å². The first-order valence-electron chi connectivity index (χ1n) is 6.01. The third-order valence-corrected chi connectivity index (χ3v) is 3.26. The Morgan fingerprint density at radius 3 is 2.95 bits per heavy atom. The van der Waals surface area contributed by atoms with Crippen molar-refractivity contribution in [1.29, 1.82) is 0 Å². The number of hydrogen-bond acceptors (Lipinski definition) is 5. The molecule has 0 saturated carbocycles. The number of aryl methyl sites for hydroxylation is 1. The molecule has 2 aromatic heterocycles. The van der Waals surface area contributed by atoms with Gasteiger partial charge in [0, 0.05) is 36.7 Å². The maximum absolute atomic E-state index is 12.0. The number of carbonyl (C=O) groups excluding carboxylic acids is 1. The lowest BCUT2D eigenvalue weighted by molar-refractivity contribution is 0.0954. The number of nitrogens with one attached hydrogen (secondary N) is 2. The van der Waals surface area contributed by atoms with Crippen molar-refractivity contribution in [2.45, 2.75) is 13.3 Å². The molecule has 0 spiro atoms. The molecule has 0 unspecified atom stereocenters. The molecular weight excluding hydrogens is 260 g/mol. The molecule has 19 heavy (non-hydrogen) atoms. The summed E-state index contributed by atoms with van der Waals surface area (Å²) in [7, 11) is 1.78. The van der Waals surface area contributed by atoms with Crippen LogP contribution in [0.3, 0.4) is 0 Å². The molecule has 0 fully saturated rings. The first kappa shape index (κ1) is 13.5. The van der Waals surface area contributed by atoms with Crippen molar-refractivity contribution in [3.05, 3.63) is 40.0 Å². The molecule has 2 N–H and O–H groups in total. The van der Waals surface area contributed by atoms with Gasteiger partial charge < -0.3 is 10.6 Å². The molecule has 0 saturated heterocycles. The zero-order valence-corrected chi connectivity index (χ0v) is 11.8. The predicted octanol–water partition coefficient (Wildman–Crippen LogP) is 1.86. The van der Waals surface area contributed by atoms with E-state index < -0.39 is 0 Å². The zero-order valence-electron chi connectivity index (χ0n) is 10.9. The highest BCUT2D eigenvalue weighted by Crippen LogP contribution is 2.09. The molecule has 0 aliphatic rings. The van der Waals surface area contributed by atoms with Gasteiger partial charge in [-0.2, -0.15) is 0 Å². The van der Waals surface area contributed by atoms with E-state index in [9.17, 15) is 4.79 Å². The Morgan fingerprint density at radius 1 is 1.42 bits per heavy atom. The minimum absolute atomic E-state index is 0.0859. The van der Waals surface area contributed by atoms with Crippen LogP contribution in [0.25, 0.3) is 0 Å². The quantitative estimate of drug-likeness (QED) is 0.874. The van der Waals surface area contributed by atoms with Gasteiger partial charge in [-0.1, -0.05) is 0 Å². The van der Waals surface area contributed by atoms with Crippen molar-refractivity contribution in [2.75, 3.05) is 18.9 Å². The maximum Gasteiger partial charge on any atom is 0.251 e. The summed E-state index contributed by atoms with van der Waals surface area (Å²) in [5, 5.41) is 7.82. The molecule has 6 heteroatoms. The summed E-state index contributed by atoms with van der Waals surface area (Å²) in [6, 6.07) is 3.52. The highest BCUT2D eigenvalue weighted by atomic mass is 32.1. The Labute approximate surface area is 116 Å². The van der Waals surface area contributed by atoms with Crippen molar-refractivity contribution in [3.8, 4) is 0 Å². The SMILES string of the molecule is CNc1cc(C(=O)NCCc2cscn2)cc(C)n1. The Balaban J connectivity index is 1.94. The number of hydrogen-bond donors (Lipinski definition) is 2. The maximum atomic E-state index is 12.0. The monoisotopic (exact) mass is 276 g/mol. The van der Waals surface area contributed by atoms with E-state index in [1.807, 2.05) is 12.3 Å². The summed E-state index contributed by atoms with van der Waals surface area (Å²) in [5.74, 6) is 0.613. The van der Waals surface area contributed by atoms with Gasteiger partial charge in [0.05, 0.1) is 11.2 Å². The molecule has 0 atom stereocenters. The Hall–Kier alpha value is -1.95. The predicted molar refractivity (Wildman–Crippen MR) is 76.7 cm³/mol. The van der Waals surface area contributed by atoms with E-state index in [0.717, 1.165) is 17.8 Å². The second-order valence-corrected chi connectivity index (χ2v) is 4.84. The fourth-order valence-electron chi connectivity index (χ4n) is 1.69. The van der Waals surface area contributed by atoms with E-state index >= 15 is 0 Å². The lowest BCUT2D eigenvalue weighted by Gasteiger charge is -2.07. The van der Waals surface area contributed by atoms with Crippen LogP contribution in [0.4, 0.5) is 5.82 Å². The fraction of sp³-hybridized carbons (Fsp3) is 0.308. The molecule has 0 aromatic carbocycles. The van der Waals surface area contributed by atoms with Crippen molar-refractivity contribution >= 4 is 23.1 Å². The third kappa shape index (κ3) is 3.75. The van der Waals surface area contributed by atoms with Crippen molar-refractivity contribution in [3.63, 3.8) is 0 Å². The molecule has 2 rings (SSSR count). The minimum atomic E-state index is -0.0859.